The second-order valence-electron chi connectivity index (χ2n) is 10.7. The monoisotopic (exact) mass is 500 g/mol. The van der Waals surface area contributed by atoms with Crippen LogP contribution in [0.3, 0.4) is 0 Å². The Balaban J connectivity index is 1.59. The minimum Gasteiger partial charge on any atom is -0.354 e. The highest BCUT2D eigenvalue weighted by atomic mass is 16.2. The fourth-order valence-corrected chi connectivity index (χ4v) is 5.55. The van der Waals surface area contributed by atoms with Gasteiger partial charge in [0.05, 0.1) is 30.0 Å². The Labute approximate surface area is 219 Å². The van der Waals surface area contributed by atoms with E-state index in [1.165, 1.54) is 0 Å². The van der Waals surface area contributed by atoms with Crippen molar-refractivity contribution >= 4 is 24.3 Å². The minimum absolute atomic E-state index is 0.106. The third kappa shape index (κ3) is 4.90. The van der Waals surface area contributed by atoms with Crippen LogP contribution < -0.4 is 4.90 Å². The summed E-state index contributed by atoms with van der Waals surface area (Å²) in [6.45, 7) is 9.85. The van der Waals surface area contributed by atoms with Gasteiger partial charge in [-0.3, -0.25) is 14.8 Å². The number of piperidine rings is 1. The molecule has 5 heterocycles. The fraction of sp³-hybridized carbons (Fsp3) is 0.536. The Hall–Kier alpha value is -3.51. The maximum atomic E-state index is 13.8. The van der Waals surface area contributed by atoms with Gasteiger partial charge < -0.3 is 19.6 Å². The van der Waals surface area contributed by atoms with Gasteiger partial charge in [0, 0.05) is 50.9 Å². The molecule has 1 unspecified atom stereocenters. The van der Waals surface area contributed by atoms with Crippen LogP contribution in [-0.2, 0) is 10.2 Å². The summed E-state index contributed by atoms with van der Waals surface area (Å²) in [6.07, 6.45) is 8.52. The normalized spacial score (nSPS) is 22.9. The number of nitrogens with zero attached hydrogens (tertiary/aromatic N) is 8. The molecule has 1 aromatic heterocycles. The Morgan fingerprint density at radius 1 is 1.08 bits per heavy atom. The number of aliphatic imine (C=N–C) groups is 2. The molecule has 1 atom stereocenters. The van der Waals surface area contributed by atoms with Crippen LogP contribution in [0, 0.1) is 11.3 Å². The second-order valence-corrected chi connectivity index (χ2v) is 10.7. The van der Waals surface area contributed by atoms with Gasteiger partial charge in [0.2, 0.25) is 0 Å². The molecule has 194 valence electrons. The first kappa shape index (κ1) is 25.2. The first-order valence-electron chi connectivity index (χ1n) is 13.3. The van der Waals surface area contributed by atoms with Crippen molar-refractivity contribution < 1.29 is 4.79 Å². The molecule has 0 radical (unpaired) electrons. The minimum atomic E-state index is -0.741. The van der Waals surface area contributed by atoms with Crippen LogP contribution in [0.15, 0.2) is 51.2 Å². The topological polar surface area (TPSA) is 91.4 Å². The number of carbonyl (C=O) groups is 1. The number of likely N-dealkylation sites (tertiary alicyclic amines) is 1. The zero-order valence-corrected chi connectivity index (χ0v) is 22.1. The van der Waals surface area contributed by atoms with Crippen molar-refractivity contribution in [3.63, 3.8) is 0 Å². The lowest BCUT2D eigenvalue weighted by Gasteiger charge is -2.37. The molecule has 2 fully saturated rings. The van der Waals surface area contributed by atoms with Gasteiger partial charge in [-0.05, 0) is 58.4 Å². The van der Waals surface area contributed by atoms with Gasteiger partial charge in [-0.25, -0.2) is 4.98 Å². The highest BCUT2D eigenvalue weighted by molar-refractivity contribution is 5.99. The molecule has 0 N–H and O–H groups in total. The molecule has 4 aliphatic rings. The van der Waals surface area contributed by atoms with Crippen molar-refractivity contribution in [2.24, 2.45) is 9.98 Å². The van der Waals surface area contributed by atoms with Crippen LogP contribution in [0.1, 0.15) is 38.8 Å². The Bertz CT molecular complexity index is 1190. The van der Waals surface area contributed by atoms with E-state index in [1.54, 1.807) is 12.6 Å². The molecule has 0 spiro atoms. The molecule has 1 aromatic rings. The van der Waals surface area contributed by atoms with Crippen LogP contribution in [-0.4, -0.2) is 97.0 Å². The molecule has 5 rings (SSSR count). The molecule has 0 aliphatic carbocycles. The number of dihydropyridines is 1. The molecule has 0 aromatic carbocycles. The largest absolute Gasteiger partial charge is 0.354 e. The molecule has 37 heavy (non-hydrogen) atoms. The van der Waals surface area contributed by atoms with E-state index in [0.717, 1.165) is 62.7 Å². The van der Waals surface area contributed by atoms with Crippen LogP contribution in [0.25, 0.3) is 0 Å². The molecule has 9 nitrogen and oxygen atoms in total. The summed E-state index contributed by atoms with van der Waals surface area (Å²) in [5.41, 5.74) is 1.80. The van der Waals surface area contributed by atoms with Gasteiger partial charge in [-0.15, -0.1) is 0 Å². The predicted octanol–water partition coefficient (Wildman–Crippen LogP) is 2.58. The number of hydrogen-bond donors (Lipinski definition) is 0. The maximum absolute atomic E-state index is 13.8. The average Bonchev–Trinajstić information content (AvgIpc) is 3.35. The number of rotatable bonds is 5. The number of nitriles is 1. The number of fused-ring (bicyclic) bond motifs is 1. The third-order valence-corrected chi connectivity index (χ3v) is 7.85. The van der Waals surface area contributed by atoms with Crippen molar-refractivity contribution in [2.75, 3.05) is 57.8 Å². The maximum Gasteiger partial charge on any atom is 0.266 e. The number of anilines is 1. The van der Waals surface area contributed by atoms with Gasteiger partial charge in [0.1, 0.15) is 23.5 Å². The number of aromatic nitrogens is 1. The first-order chi connectivity index (χ1) is 17.9. The van der Waals surface area contributed by atoms with E-state index >= 15 is 0 Å². The smallest absolute Gasteiger partial charge is 0.266 e. The van der Waals surface area contributed by atoms with Gasteiger partial charge in [0.25, 0.3) is 5.91 Å². The molecule has 4 aliphatic heterocycles. The summed E-state index contributed by atoms with van der Waals surface area (Å²) in [7, 11) is 2.14. The molecular formula is C28H36N8O. The number of carbonyl (C=O) groups excluding carboxylic acids is 1. The van der Waals surface area contributed by atoms with Crippen molar-refractivity contribution in [1.29, 1.82) is 5.26 Å². The molecule has 2 saturated heterocycles. The Morgan fingerprint density at radius 3 is 2.57 bits per heavy atom. The van der Waals surface area contributed by atoms with E-state index in [9.17, 15) is 10.1 Å². The van der Waals surface area contributed by atoms with Gasteiger partial charge in [-0.2, -0.15) is 5.26 Å². The Morgan fingerprint density at radius 2 is 1.84 bits per heavy atom. The summed E-state index contributed by atoms with van der Waals surface area (Å²) in [4.78, 5) is 36.3. The van der Waals surface area contributed by atoms with Crippen molar-refractivity contribution in [3.8, 4) is 6.07 Å². The summed E-state index contributed by atoms with van der Waals surface area (Å²) in [5, 5.41) is 10.4. The highest BCUT2D eigenvalue weighted by Gasteiger charge is 2.41. The Kier molecular flexibility index (Phi) is 7.11. The number of allylic oxidation sites excluding steroid dienone is 2. The van der Waals surface area contributed by atoms with Gasteiger partial charge in [0.15, 0.2) is 0 Å². The van der Waals surface area contributed by atoms with Crippen LogP contribution in [0.2, 0.25) is 0 Å². The van der Waals surface area contributed by atoms with Crippen LogP contribution >= 0.6 is 0 Å². The molecule has 1 amide bonds. The molecule has 0 saturated carbocycles. The zero-order valence-electron chi connectivity index (χ0n) is 22.1. The van der Waals surface area contributed by atoms with E-state index in [0.29, 0.717) is 25.3 Å². The van der Waals surface area contributed by atoms with Crippen molar-refractivity contribution in [2.45, 2.75) is 44.6 Å². The SMILES string of the molecule is CN1CCN(c2cccc(C(C)(C)C(=C(C#N)C(=O)N3CCCCC3)N3C=NC4CN=CC=C43)n2)CC1. The number of pyridine rings is 1. The molecular weight excluding hydrogens is 464 g/mol. The average molecular weight is 501 g/mol. The van der Waals surface area contributed by atoms with E-state index in [-0.39, 0.29) is 17.5 Å². The van der Waals surface area contributed by atoms with E-state index < -0.39 is 5.41 Å². The van der Waals surface area contributed by atoms with E-state index in [2.05, 4.69) is 46.7 Å². The predicted molar refractivity (Wildman–Crippen MR) is 146 cm³/mol. The lowest BCUT2D eigenvalue weighted by atomic mass is 9.81. The summed E-state index contributed by atoms with van der Waals surface area (Å²) in [6, 6.07) is 8.28. The summed E-state index contributed by atoms with van der Waals surface area (Å²) >= 11 is 0. The third-order valence-electron chi connectivity index (χ3n) is 7.85. The number of likely N-dealkylation sites (N-methyl/N-ethyl adjacent to an activating group) is 1. The first-order valence-corrected chi connectivity index (χ1v) is 13.3. The number of amides is 1. The lowest BCUT2D eigenvalue weighted by molar-refractivity contribution is -0.127. The zero-order chi connectivity index (χ0) is 26.0. The number of hydrogen-bond acceptors (Lipinski definition) is 8. The molecule has 0 bridgehead atoms. The van der Waals surface area contributed by atoms with Crippen LogP contribution in [0.4, 0.5) is 5.82 Å². The summed E-state index contributed by atoms with van der Waals surface area (Å²) in [5.74, 6) is 0.721. The van der Waals surface area contributed by atoms with E-state index in [1.807, 2.05) is 34.1 Å². The molecule has 9 heteroatoms. The quantitative estimate of drug-likeness (QED) is 0.456. The highest BCUT2D eigenvalue weighted by Crippen LogP contribution is 2.40. The number of piperazine rings is 1. The van der Waals surface area contributed by atoms with Crippen LogP contribution in [0.5, 0.6) is 0 Å². The summed E-state index contributed by atoms with van der Waals surface area (Å²) < 4.78 is 0. The lowest BCUT2D eigenvalue weighted by Crippen LogP contribution is -2.45. The standard InChI is InChI=1S/C28H36N8O/c1-28(2,24-8-7-9-25(32-24)34-16-14-33(3)15-17-34)26(36-20-31-22-19-30-11-10-23(22)36)21(18-29)27(37)35-12-5-4-6-13-35/h7-11,20,22H,4-6,12-17,19H2,1-3H3. The second kappa shape index (κ2) is 10.5. The van der Waals surface area contributed by atoms with Gasteiger partial charge >= 0.3 is 0 Å². The van der Waals surface area contributed by atoms with Gasteiger partial charge in [-0.1, -0.05) is 6.07 Å². The van der Waals surface area contributed by atoms with Crippen molar-refractivity contribution in [3.05, 3.63) is 46.9 Å². The van der Waals surface area contributed by atoms with Crippen molar-refractivity contribution in [1.82, 2.24) is 19.7 Å². The van der Waals surface area contributed by atoms with E-state index in [4.69, 9.17) is 4.98 Å². The fourth-order valence-electron chi connectivity index (χ4n) is 5.55.